The van der Waals surface area contributed by atoms with Crippen molar-refractivity contribution in [1.29, 1.82) is 0 Å². The van der Waals surface area contributed by atoms with E-state index in [9.17, 15) is 18.0 Å². The Labute approximate surface area is 115 Å². The van der Waals surface area contributed by atoms with Crippen LogP contribution in [-0.2, 0) is 14.1 Å². The van der Waals surface area contributed by atoms with Crippen molar-refractivity contribution in [2.75, 3.05) is 0 Å². The SMILES string of the molecule is Cn1c(=O)n(C)c2cc(C(Br)CC(F)(F)F)ccc21. The lowest BCUT2D eigenvalue weighted by molar-refractivity contribution is -0.134. The molecule has 3 nitrogen and oxygen atoms in total. The molecule has 0 bridgehead atoms. The largest absolute Gasteiger partial charge is 0.390 e. The molecule has 0 aliphatic heterocycles. The van der Waals surface area contributed by atoms with Gasteiger partial charge in [-0.2, -0.15) is 13.2 Å². The minimum atomic E-state index is -4.23. The number of hydrogen-bond acceptors (Lipinski definition) is 1. The van der Waals surface area contributed by atoms with Gasteiger partial charge in [0.05, 0.1) is 17.5 Å². The molecule has 0 N–H and O–H groups in total. The fourth-order valence-corrected chi connectivity index (χ4v) is 2.69. The minimum absolute atomic E-state index is 0.200. The lowest BCUT2D eigenvalue weighted by atomic mass is 10.1. The van der Waals surface area contributed by atoms with Crippen LogP contribution in [-0.4, -0.2) is 15.3 Å². The van der Waals surface area contributed by atoms with Gasteiger partial charge in [-0.05, 0) is 17.7 Å². The van der Waals surface area contributed by atoms with Gasteiger partial charge in [0.15, 0.2) is 0 Å². The highest BCUT2D eigenvalue weighted by atomic mass is 79.9. The van der Waals surface area contributed by atoms with Crippen molar-refractivity contribution in [2.24, 2.45) is 14.1 Å². The van der Waals surface area contributed by atoms with Gasteiger partial charge in [-0.25, -0.2) is 4.79 Å². The average Bonchev–Trinajstić information content (AvgIpc) is 2.52. The summed E-state index contributed by atoms with van der Waals surface area (Å²) in [5, 5.41) is 0. The highest BCUT2D eigenvalue weighted by Crippen LogP contribution is 2.36. The second kappa shape index (κ2) is 4.70. The van der Waals surface area contributed by atoms with Crippen LogP contribution >= 0.6 is 15.9 Å². The minimum Gasteiger partial charge on any atom is -0.295 e. The molecule has 2 rings (SSSR count). The van der Waals surface area contributed by atoms with Gasteiger partial charge in [-0.1, -0.05) is 22.0 Å². The fraction of sp³-hybridized carbons (Fsp3) is 0.417. The lowest BCUT2D eigenvalue weighted by Crippen LogP contribution is -2.19. The number of imidazole rings is 1. The van der Waals surface area contributed by atoms with E-state index in [1.807, 2.05) is 0 Å². The van der Waals surface area contributed by atoms with E-state index in [1.54, 1.807) is 32.3 Å². The Hall–Kier alpha value is -1.24. The summed E-state index contributed by atoms with van der Waals surface area (Å²) in [6, 6.07) is 4.88. The van der Waals surface area contributed by atoms with Crippen LogP contribution in [0.2, 0.25) is 0 Å². The average molecular weight is 337 g/mol. The standard InChI is InChI=1S/C12H12BrF3N2O/c1-17-9-4-3-7(8(13)6-12(14,15)16)5-10(9)18(2)11(17)19/h3-5,8H,6H2,1-2H3. The number of fused-ring (bicyclic) bond motifs is 1. The molecule has 1 aromatic heterocycles. The van der Waals surface area contributed by atoms with Crippen molar-refractivity contribution >= 4 is 27.0 Å². The first-order valence-electron chi connectivity index (χ1n) is 5.57. The highest BCUT2D eigenvalue weighted by molar-refractivity contribution is 9.09. The van der Waals surface area contributed by atoms with Crippen LogP contribution in [0.25, 0.3) is 11.0 Å². The summed E-state index contributed by atoms with van der Waals surface area (Å²) in [4.78, 5) is 10.9. The first-order chi connectivity index (χ1) is 8.70. The molecular weight excluding hydrogens is 325 g/mol. The van der Waals surface area contributed by atoms with E-state index in [0.717, 1.165) is 0 Å². The summed E-state index contributed by atoms with van der Waals surface area (Å²) >= 11 is 3.04. The number of hydrogen-bond donors (Lipinski definition) is 0. The first-order valence-corrected chi connectivity index (χ1v) is 6.48. The Morgan fingerprint density at radius 2 is 1.79 bits per heavy atom. The number of benzene rings is 1. The van der Waals surface area contributed by atoms with Crippen LogP contribution in [0.1, 0.15) is 16.8 Å². The van der Waals surface area contributed by atoms with Crippen LogP contribution in [0.5, 0.6) is 0 Å². The Bertz CT molecular complexity index is 672. The molecule has 1 aromatic carbocycles. The van der Waals surface area contributed by atoms with Crippen LogP contribution in [0.3, 0.4) is 0 Å². The third-order valence-corrected chi connectivity index (χ3v) is 3.92. The Morgan fingerprint density at radius 3 is 2.37 bits per heavy atom. The Kier molecular flexibility index (Phi) is 3.51. The smallest absolute Gasteiger partial charge is 0.295 e. The maximum atomic E-state index is 12.4. The van der Waals surface area contributed by atoms with Crippen molar-refractivity contribution in [3.05, 3.63) is 34.2 Å². The van der Waals surface area contributed by atoms with Gasteiger partial charge in [0.25, 0.3) is 0 Å². The monoisotopic (exact) mass is 336 g/mol. The van der Waals surface area contributed by atoms with Crippen molar-refractivity contribution in [3.8, 4) is 0 Å². The van der Waals surface area contributed by atoms with Crippen LogP contribution in [0, 0.1) is 0 Å². The molecule has 104 valence electrons. The molecule has 0 spiro atoms. The molecule has 0 fully saturated rings. The maximum absolute atomic E-state index is 12.4. The van der Waals surface area contributed by atoms with Gasteiger partial charge in [0, 0.05) is 18.9 Å². The van der Waals surface area contributed by atoms with Crippen LogP contribution in [0.4, 0.5) is 13.2 Å². The van der Waals surface area contributed by atoms with E-state index < -0.39 is 17.4 Å². The lowest BCUT2D eigenvalue weighted by Gasteiger charge is -2.13. The molecule has 1 unspecified atom stereocenters. The molecule has 0 aliphatic rings. The van der Waals surface area contributed by atoms with E-state index in [2.05, 4.69) is 15.9 Å². The summed E-state index contributed by atoms with van der Waals surface area (Å²) in [5.74, 6) is 0. The molecule has 0 saturated heterocycles. The highest BCUT2D eigenvalue weighted by Gasteiger charge is 2.31. The van der Waals surface area contributed by atoms with Crippen molar-refractivity contribution < 1.29 is 13.2 Å². The predicted octanol–water partition coefficient (Wildman–Crippen LogP) is 3.27. The molecule has 1 heterocycles. The zero-order valence-corrected chi connectivity index (χ0v) is 11.9. The second-order valence-corrected chi connectivity index (χ2v) is 5.54. The molecular formula is C12H12BrF3N2O. The van der Waals surface area contributed by atoms with Gasteiger partial charge >= 0.3 is 11.9 Å². The number of halogens is 4. The molecule has 0 saturated carbocycles. The van der Waals surface area contributed by atoms with Gasteiger partial charge in [0.1, 0.15) is 0 Å². The van der Waals surface area contributed by atoms with Gasteiger partial charge in [-0.15, -0.1) is 0 Å². The van der Waals surface area contributed by atoms with Crippen molar-refractivity contribution in [1.82, 2.24) is 9.13 Å². The third-order valence-electron chi connectivity index (χ3n) is 3.07. The summed E-state index contributed by atoms with van der Waals surface area (Å²) < 4.78 is 40.0. The summed E-state index contributed by atoms with van der Waals surface area (Å²) in [6.07, 6.45) is -5.18. The number of aryl methyl sites for hydroxylation is 2. The maximum Gasteiger partial charge on any atom is 0.390 e. The molecule has 0 radical (unpaired) electrons. The van der Waals surface area contributed by atoms with Gasteiger partial charge in [-0.3, -0.25) is 9.13 Å². The number of aromatic nitrogens is 2. The Balaban J connectivity index is 2.48. The predicted molar refractivity (Wildman–Crippen MR) is 70.5 cm³/mol. The van der Waals surface area contributed by atoms with Gasteiger partial charge in [0.2, 0.25) is 0 Å². The number of nitrogens with zero attached hydrogens (tertiary/aromatic N) is 2. The summed E-state index contributed by atoms with van der Waals surface area (Å²) in [6.45, 7) is 0. The third kappa shape index (κ3) is 2.70. The fourth-order valence-electron chi connectivity index (χ4n) is 2.04. The quantitative estimate of drug-likeness (QED) is 0.773. The number of rotatable bonds is 2. The van der Waals surface area contributed by atoms with Crippen LogP contribution in [0.15, 0.2) is 23.0 Å². The topological polar surface area (TPSA) is 26.9 Å². The first kappa shape index (κ1) is 14.2. The molecule has 2 aromatic rings. The molecule has 0 aliphatic carbocycles. The zero-order chi connectivity index (χ0) is 14.4. The van der Waals surface area contributed by atoms with E-state index in [0.29, 0.717) is 16.6 Å². The normalized spacial score (nSPS) is 14.0. The van der Waals surface area contributed by atoms with Crippen LogP contribution < -0.4 is 5.69 Å². The van der Waals surface area contributed by atoms with E-state index in [1.165, 1.54) is 9.13 Å². The van der Waals surface area contributed by atoms with E-state index in [-0.39, 0.29) is 5.69 Å². The molecule has 19 heavy (non-hydrogen) atoms. The molecule has 7 heteroatoms. The number of alkyl halides is 4. The molecule has 1 atom stereocenters. The van der Waals surface area contributed by atoms with E-state index >= 15 is 0 Å². The van der Waals surface area contributed by atoms with Gasteiger partial charge < -0.3 is 0 Å². The van der Waals surface area contributed by atoms with E-state index in [4.69, 9.17) is 0 Å². The Morgan fingerprint density at radius 1 is 1.21 bits per heavy atom. The molecule has 0 amide bonds. The summed E-state index contributed by atoms with van der Waals surface area (Å²) in [5.41, 5.74) is 1.62. The summed E-state index contributed by atoms with van der Waals surface area (Å²) in [7, 11) is 3.23. The van der Waals surface area contributed by atoms with Crippen molar-refractivity contribution in [2.45, 2.75) is 17.4 Å². The zero-order valence-electron chi connectivity index (χ0n) is 10.3. The van der Waals surface area contributed by atoms with Crippen molar-refractivity contribution in [3.63, 3.8) is 0 Å². The second-order valence-electron chi connectivity index (χ2n) is 4.44.